The Morgan fingerprint density at radius 3 is 3.00 bits per heavy atom. The second-order valence-corrected chi connectivity index (χ2v) is 3.90. The summed E-state index contributed by atoms with van der Waals surface area (Å²) in [5.41, 5.74) is 1.04. The number of fused-ring (bicyclic) bond motifs is 1. The summed E-state index contributed by atoms with van der Waals surface area (Å²) in [6.07, 6.45) is 2.27. The molecule has 0 N–H and O–H groups in total. The topological polar surface area (TPSA) is 30.0 Å². The molecule has 0 aliphatic carbocycles. The van der Waals surface area contributed by atoms with Crippen LogP contribution in [-0.4, -0.2) is 11.3 Å². The third-order valence-corrected chi connectivity index (χ3v) is 2.91. The van der Waals surface area contributed by atoms with Gasteiger partial charge in [-0.25, -0.2) is 4.98 Å². The van der Waals surface area contributed by atoms with E-state index in [2.05, 4.69) is 11.1 Å². The zero-order valence-electron chi connectivity index (χ0n) is 7.06. The third-order valence-electron chi connectivity index (χ3n) is 1.81. The number of hydrogen-bond acceptors (Lipinski definition) is 3. The number of hydrogen-bond donors (Lipinski definition) is 0. The zero-order valence-corrected chi connectivity index (χ0v) is 7.88. The Morgan fingerprint density at radius 2 is 2.23 bits per heavy atom. The predicted molar refractivity (Wildman–Crippen MR) is 54.0 cm³/mol. The minimum absolute atomic E-state index is 0.569. The first-order chi connectivity index (χ1) is 6.40. The fourth-order valence-electron chi connectivity index (χ4n) is 1.21. The van der Waals surface area contributed by atoms with Gasteiger partial charge in [0.05, 0.1) is 15.2 Å². The molecule has 0 unspecified atom stereocenters. The van der Waals surface area contributed by atoms with Crippen molar-refractivity contribution in [3.05, 3.63) is 29.3 Å². The van der Waals surface area contributed by atoms with E-state index in [9.17, 15) is 4.79 Å². The molecule has 0 bridgehead atoms. The molecule has 0 atom stereocenters. The number of aryl methyl sites for hydroxylation is 1. The molecule has 0 saturated carbocycles. The number of thiazole rings is 1. The van der Waals surface area contributed by atoms with Crippen molar-refractivity contribution >= 4 is 27.8 Å². The van der Waals surface area contributed by atoms with Gasteiger partial charge in [-0.3, -0.25) is 0 Å². The van der Waals surface area contributed by atoms with Crippen LogP contribution in [0.2, 0.25) is 0 Å². The van der Waals surface area contributed by atoms with Crippen molar-refractivity contribution in [2.24, 2.45) is 0 Å². The molecule has 0 amide bonds. The maximum atomic E-state index is 10.2. The van der Waals surface area contributed by atoms with E-state index in [-0.39, 0.29) is 0 Å². The molecular weight excluding hydrogens is 182 g/mol. The summed E-state index contributed by atoms with van der Waals surface area (Å²) in [6.45, 7) is 0. The molecular formula is C10H9NOS. The Morgan fingerprint density at radius 1 is 1.38 bits per heavy atom. The monoisotopic (exact) mass is 191 g/mol. The van der Waals surface area contributed by atoms with Crippen LogP contribution in [0.4, 0.5) is 0 Å². The minimum Gasteiger partial charge on any atom is -0.303 e. The van der Waals surface area contributed by atoms with Crippen LogP contribution in [-0.2, 0) is 11.2 Å². The number of carbonyl (C=O) groups is 1. The summed E-state index contributed by atoms with van der Waals surface area (Å²) >= 11 is 1.67. The van der Waals surface area contributed by atoms with Gasteiger partial charge >= 0.3 is 0 Å². The number of rotatable bonds is 3. The first-order valence-electron chi connectivity index (χ1n) is 4.18. The summed E-state index contributed by atoms with van der Waals surface area (Å²) in [4.78, 5) is 14.6. The molecule has 2 nitrogen and oxygen atoms in total. The van der Waals surface area contributed by atoms with Crippen LogP contribution in [0, 0.1) is 0 Å². The highest BCUT2D eigenvalue weighted by Crippen LogP contribution is 2.21. The van der Waals surface area contributed by atoms with Gasteiger partial charge in [0.1, 0.15) is 6.29 Å². The molecule has 0 aliphatic heterocycles. The largest absolute Gasteiger partial charge is 0.303 e. The van der Waals surface area contributed by atoms with Crippen molar-refractivity contribution in [1.29, 1.82) is 0 Å². The summed E-state index contributed by atoms with van der Waals surface area (Å²) in [5, 5.41) is 1.05. The maximum Gasteiger partial charge on any atom is 0.120 e. The van der Waals surface area contributed by atoms with E-state index in [4.69, 9.17) is 0 Å². The standard InChI is InChI=1S/C10H9NOS/c12-7-3-6-10-11-8-4-1-2-5-9(8)13-10/h1-2,4-5,7H,3,6H2. The van der Waals surface area contributed by atoms with Gasteiger partial charge in [-0.1, -0.05) is 12.1 Å². The highest BCUT2D eigenvalue weighted by atomic mass is 32.1. The average Bonchev–Trinajstić information content (AvgIpc) is 2.57. The predicted octanol–water partition coefficient (Wildman–Crippen LogP) is 2.43. The first-order valence-corrected chi connectivity index (χ1v) is 5.00. The first kappa shape index (κ1) is 8.38. The van der Waals surface area contributed by atoms with E-state index in [1.54, 1.807) is 11.3 Å². The molecule has 3 heteroatoms. The van der Waals surface area contributed by atoms with E-state index in [0.717, 1.165) is 23.2 Å². The Labute approximate surface area is 80.2 Å². The summed E-state index contributed by atoms with van der Waals surface area (Å²) in [6, 6.07) is 8.03. The van der Waals surface area contributed by atoms with E-state index < -0.39 is 0 Å². The van der Waals surface area contributed by atoms with Crippen LogP contribution in [0.1, 0.15) is 11.4 Å². The Hall–Kier alpha value is -1.22. The number of benzene rings is 1. The van der Waals surface area contributed by atoms with Gasteiger partial charge in [0.15, 0.2) is 0 Å². The lowest BCUT2D eigenvalue weighted by Gasteiger charge is -1.84. The molecule has 0 spiro atoms. The van der Waals surface area contributed by atoms with Crippen LogP contribution in [0.3, 0.4) is 0 Å². The lowest BCUT2D eigenvalue weighted by Crippen LogP contribution is -1.83. The van der Waals surface area contributed by atoms with E-state index in [1.165, 1.54) is 4.70 Å². The average molecular weight is 191 g/mol. The van der Waals surface area contributed by atoms with Crippen LogP contribution >= 0.6 is 11.3 Å². The van der Waals surface area contributed by atoms with Gasteiger partial charge in [-0.05, 0) is 12.1 Å². The second-order valence-electron chi connectivity index (χ2n) is 2.78. The second kappa shape index (κ2) is 3.66. The molecule has 0 aliphatic rings. The van der Waals surface area contributed by atoms with E-state index >= 15 is 0 Å². The van der Waals surface area contributed by atoms with Crippen molar-refractivity contribution in [1.82, 2.24) is 4.98 Å². The molecule has 2 aromatic rings. The SMILES string of the molecule is O=CCCc1nc2ccccc2s1. The Balaban J connectivity index is 2.32. The lowest BCUT2D eigenvalue weighted by atomic mass is 10.3. The molecule has 0 saturated heterocycles. The summed E-state index contributed by atoms with van der Waals surface area (Å²) in [7, 11) is 0. The third kappa shape index (κ3) is 1.75. The smallest absolute Gasteiger partial charge is 0.120 e. The van der Waals surface area contributed by atoms with Crippen LogP contribution < -0.4 is 0 Å². The van der Waals surface area contributed by atoms with E-state index in [1.807, 2.05) is 18.2 Å². The highest BCUT2D eigenvalue weighted by Gasteiger charge is 2.01. The van der Waals surface area contributed by atoms with E-state index in [0.29, 0.717) is 6.42 Å². The van der Waals surface area contributed by atoms with Crippen molar-refractivity contribution in [2.75, 3.05) is 0 Å². The molecule has 1 aromatic carbocycles. The molecule has 0 radical (unpaired) electrons. The van der Waals surface area contributed by atoms with Gasteiger partial charge in [-0.15, -0.1) is 11.3 Å². The van der Waals surface area contributed by atoms with Crippen LogP contribution in [0.5, 0.6) is 0 Å². The highest BCUT2D eigenvalue weighted by molar-refractivity contribution is 7.18. The van der Waals surface area contributed by atoms with Crippen molar-refractivity contribution < 1.29 is 4.79 Å². The van der Waals surface area contributed by atoms with Gasteiger partial charge in [-0.2, -0.15) is 0 Å². The zero-order chi connectivity index (χ0) is 9.10. The fraction of sp³-hybridized carbons (Fsp3) is 0.200. The molecule has 66 valence electrons. The van der Waals surface area contributed by atoms with Gasteiger partial charge in [0.2, 0.25) is 0 Å². The fourth-order valence-corrected chi connectivity index (χ4v) is 2.19. The minimum atomic E-state index is 0.569. The summed E-state index contributed by atoms with van der Waals surface area (Å²) < 4.78 is 1.20. The normalized spacial score (nSPS) is 10.5. The Bertz CT molecular complexity index is 389. The van der Waals surface area contributed by atoms with Gasteiger partial charge in [0, 0.05) is 12.8 Å². The molecule has 13 heavy (non-hydrogen) atoms. The van der Waals surface area contributed by atoms with Crippen LogP contribution in [0.15, 0.2) is 24.3 Å². The Kier molecular flexibility index (Phi) is 2.36. The summed E-state index contributed by atoms with van der Waals surface area (Å²) in [5.74, 6) is 0. The quantitative estimate of drug-likeness (QED) is 0.697. The number of aldehydes is 1. The van der Waals surface area contributed by atoms with Gasteiger partial charge in [0.25, 0.3) is 0 Å². The molecule has 1 aromatic heterocycles. The van der Waals surface area contributed by atoms with Crippen molar-refractivity contribution in [3.8, 4) is 0 Å². The number of aromatic nitrogens is 1. The molecule has 0 fully saturated rings. The van der Waals surface area contributed by atoms with Crippen LogP contribution in [0.25, 0.3) is 10.2 Å². The molecule has 1 heterocycles. The molecule has 2 rings (SSSR count). The number of para-hydroxylation sites is 1. The number of nitrogens with zero attached hydrogens (tertiary/aromatic N) is 1. The maximum absolute atomic E-state index is 10.2. The van der Waals surface area contributed by atoms with Gasteiger partial charge < -0.3 is 4.79 Å². The lowest BCUT2D eigenvalue weighted by molar-refractivity contribution is -0.107. The number of carbonyl (C=O) groups excluding carboxylic acids is 1. The van der Waals surface area contributed by atoms with Crippen molar-refractivity contribution in [2.45, 2.75) is 12.8 Å². The van der Waals surface area contributed by atoms with Crippen molar-refractivity contribution in [3.63, 3.8) is 0 Å².